The molecule has 0 heterocycles. The summed E-state index contributed by atoms with van der Waals surface area (Å²) in [6.07, 6.45) is 7.19. The van der Waals surface area contributed by atoms with Crippen molar-refractivity contribution < 1.29 is 14.3 Å². The van der Waals surface area contributed by atoms with Gasteiger partial charge >= 0.3 is 5.97 Å². The Morgan fingerprint density at radius 1 is 1.44 bits per heavy atom. The number of allylic oxidation sites excluding steroid dienone is 1. The lowest BCUT2D eigenvalue weighted by atomic mass is 9.43. The van der Waals surface area contributed by atoms with E-state index >= 15 is 0 Å². The second kappa shape index (κ2) is 4.69. The Hall–Kier alpha value is -0.830. The second-order valence-corrected chi connectivity index (χ2v) is 5.99. The summed E-state index contributed by atoms with van der Waals surface area (Å²) in [5, 5.41) is 0. The van der Waals surface area contributed by atoms with Crippen molar-refractivity contribution in [2.75, 3.05) is 13.7 Å². The lowest BCUT2D eigenvalue weighted by Crippen LogP contribution is -2.61. The van der Waals surface area contributed by atoms with E-state index in [2.05, 4.69) is 19.9 Å². The van der Waals surface area contributed by atoms with E-state index in [0.717, 1.165) is 6.42 Å². The van der Waals surface area contributed by atoms with Gasteiger partial charge in [0.2, 0.25) is 0 Å². The lowest BCUT2D eigenvalue weighted by molar-refractivity contribution is -0.194. The summed E-state index contributed by atoms with van der Waals surface area (Å²) in [5.74, 6) is 0.971. The minimum absolute atomic E-state index is 0.0392. The molecule has 3 saturated carbocycles. The predicted molar refractivity (Wildman–Crippen MR) is 70.1 cm³/mol. The Morgan fingerprint density at radius 3 is 2.72 bits per heavy atom. The van der Waals surface area contributed by atoms with Crippen molar-refractivity contribution >= 4 is 5.97 Å². The van der Waals surface area contributed by atoms with Crippen molar-refractivity contribution in [3.05, 3.63) is 12.2 Å². The SMILES string of the molecule is CCOC(=O)/C=C/[C@@]1(C)[C@H]2CC[C@@](C)(OC)[C@H]1C2. The second-order valence-electron chi connectivity index (χ2n) is 5.99. The highest BCUT2D eigenvalue weighted by atomic mass is 16.5. The normalized spacial score (nSPS) is 42.7. The van der Waals surface area contributed by atoms with Gasteiger partial charge in [0.25, 0.3) is 0 Å². The Balaban J connectivity index is 2.10. The summed E-state index contributed by atoms with van der Waals surface area (Å²) >= 11 is 0. The first-order valence-corrected chi connectivity index (χ1v) is 6.87. The molecule has 0 radical (unpaired) electrons. The quantitative estimate of drug-likeness (QED) is 0.570. The molecule has 2 bridgehead atoms. The van der Waals surface area contributed by atoms with Gasteiger partial charge in [-0.25, -0.2) is 4.79 Å². The van der Waals surface area contributed by atoms with Crippen molar-refractivity contribution in [3.8, 4) is 0 Å². The van der Waals surface area contributed by atoms with E-state index in [1.165, 1.54) is 12.8 Å². The van der Waals surface area contributed by atoms with Crippen molar-refractivity contribution in [1.82, 2.24) is 0 Å². The zero-order valence-corrected chi connectivity index (χ0v) is 11.9. The van der Waals surface area contributed by atoms with Crippen LogP contribution in [0.3, 0.4) is 0 Å². The van der Waals surface area contributed by atoms with Gasteiger partial charge in [0, 0.05) is 13.2 Å². The molecule has 3 rings (SSSR count). The van der Waals surface area contributed by atoms with Gasteiger partial charge in [-0.15, -0.1) is 0 Å². The van der Waals surface area contributed by atoms with Crippen LogP contribution in [0, 0.1) is 17.3 Å². The highest BCUT2D eigenvalue weighted by molar-refractivity contribution is 5.82. The molecule has 0 aromatic carbocycles. The van der Waals surface area contributed by atoms with Gasteiger partial charge in [0.15, 0.2) is 0 Å². The van der Waals surface area contributed by atoms with Crippen LogP contribution in [-0.2, 0) is 14.3 Å². The average Bonchev–Trinajstić information content (AvgIpc) is 2.36. The molecule has 0 spiro atoms. The summed E-state index contributed by atoms with van der Waals surface area (Å²) in [4.78, 5) is 11.4. The zero-order valence-electron chi connectivity index (χ0n) is 11.9. The van der Waals surface area contributed by atoms with Crippen molar-refractivity contribution in [2.24, 2.45) is 17.3 Å². The fraction of sp³-hybridized carbons (Fsp3) is 0.800. The fourth-order valence-electron chi connectivity index (χ4n) is 3.82. The molecule has 0 aromatic heterocycles. The first kappa shape index (κ1) is 13.6. The highest BCUT2D eigenvalue weighted by Gasteiger charge is 2.60. The first-order valence-electron chi connectivity index (χ1n) is 6.87. The summed E-state index contributed by atoms with van der Waals surface area (Å²) in [7, 11) is 1.80. The third-order valence-corrected chi connectivity index (χ3v) is 5.21. The molecule has 0 amide bonds. The van der Waals surface area contributed by atoms with Crippen LogP contribution in [0.15, 0.2) is 12.2 Å². The smallest absolute Gasteiger partial charge is 0.330 e. The van der Waals surface area contributed by atoms with Crippen LogP contribution in [0.2, 0.25) is 0 Å². The highest BCUT2D eigenvalue weighted by Crippen LogP contribution is 2.64. The molecule has 3 heteroatoms. The fourth-order valence-corrected chi connectivity index (χ4v) is 3.82. The van der Waals surface area contributed by atoms with Crippen LogP contribution in [0.25, 0.3) is 0 Å². The largest absolute Gasteiger partial charge is 0.463 e. The van der Waals surface area contributed by atoms with E-state index < -0.39 is 0 Å². The third-order valence-electron chi connectivity index (χ3n) is 5.21. The number of hydrogen-bond donors (Lipinski definition) is 0. The van der Waals surface area contributed by atoms with Gasteiger partial charge in [-0.05, 0) is 50.4 Å². The molecule has 0 aromatic rings. The maximum Gasteiger partial charge on any atom is 0.330 e. The minimum atomic E-state index is -0.234. The molecular weight excluding hydrogens is 228 g/mol. The van der Waals surface area contributed by atoms with Crippen LogP contribution in [0.5, 0.6) is 0 Å². The minimum Gasteiger partial charge on any atom is -0.463 e. The summed E-state index contributed by atoms with van der Waals surface area (Å²) < 4.78 is 10.7. The van der Waals surface area contributed by atoms with Crippen molar-refractivity contribution in [2.45, 2.75) is 45.6 Å². The van der Waals surface area contributed by atoms with Crippen molar-refractivity contribution in [3.63, 3.8) is 0 Å². The van der Waals surface area contributed by atoms with Gasteiger partial charge < -0.3 is 9.47 Å². The Kier molecular flexibility index (Phi) is 3.54. The van der Waals surface area contributed by atoms with Crippen LogP contribution < -0.4 is 0 Å². The molecule has 3 aliphatic rings. The third kappa shape index (κ3) is 1.99. The van der Waals surface area contributed by atoms with E-state index in [4.69, 9.17) is 9.47 Å². The van der Waals surface area contributed by atoms with E-state index in [0.29, 0.717) is 18.4 Å². The lowest BCUT2D eigenvalue weighted by Gasteiger charge is -2.63. The number of ether oxygens (including phenoxy) is 2. The van der Waals surface area contributed by atoms with Gasteiger partial charge in [-0.1, -0.05) is 13.0 Å². The molecule has 0 N–H and O–H groups in total. The maximum absolute atomic E-state index is 11.4. The Labute approximate surface area is 110 Å². The summed E-state index contributed by atoms with van der Waals surface area (Å²) in [5.41, 5.74) is 0.0538. The summed E-state index contributed by atoms with van der Waals surface area (Å²) in [6, 6.07) is 0. The molecule has 102 valence electrons. The van der Waals surface area contributed by atoms with Gasteiger partial charge in [-0.2, -0.15) is 0 Å². The van der Waals surface area contributed by atoms with Gasteiger partial charge in [-0.3, -0.25) is 0 Å². The van der Waals surface area contributed by atoms with Crippen LogP contribution >= 0.6 is 0 Å². The van der Waals surface area contributed by atoms with E-state index in [-0.39, 0.29) is 17.0 Å². The number of hydrogen-bond acceptors (Lipinski definition) is 3. The number of rotatable bonds is 4. The van der Waals surface area contributed by atoms with Gasteiger partial charge in [0.1, 0.15) is 0 Å². The molecule has 3 aliphatic carbocycles. The number of methoxy groups -OCH3 is 1. The molecule has 0 aliphatic heterocycles. The molecule has 4 atom stereocenters. The topological polar surface area (TPSA) is 35.5 Å². The first-order chi connectivity index (χ1) is 8.46. The Morgan fingerprint density at radius 2 is 2.17 bits per heavy atom. The molecule has 3 nitrogen and oxygen atoms in total. The number of fused-ring (bicyclic) bond motifs is 2. The number of carbonyl (C=O) groups excluding carboxylic acids is 1. The predicted octanol–water partition coefficient (Wildman–Crippen LogP) is 2.95. The average molecular weight is 252 g/mol. The Bertz CT molecular complexity index is 361. The van der Waals surface area contributed by atoms with E-state index in [9.17, 15) is 4.79 Å². The zero-order chi connectivity index (χ0) is 13.4. The molecule has 3 fully saturated rings. The van der Waals surface area contributed by atoms with Crippen LogP contribution in [0.1, 0.15) is 40.0 Å². The monoisotopic (exact) mass is 252 g/mol. The molecule has 0 unspecified atom stereocenters. The van der Waals surface area contributed by atoms with Crippen LogP contribution in [-0.4, -0.2) is 25.3 Å². The van der Waals surface area contributed by atoms with E-state index in [1.54, 1.807) is 13.2 Å². The number of esters is 1. The van der Waals surface area contributed by atoms with Gasteiger partial charge in [0.05, 0.1) is 12.2 Å². The summed E-state index contributed by atoms with van der Waals surface area (Å²) in [6.45, 7) is 6.71. The molecular formula is C15H24O3. The number of carbonyl (C=O) groups is 1. The van der Waals surface area contributed by atoms with Crippen molar-refractivity contribution in [1.29, 1.82) is 0 Å². The van der Waals surface area contributed by atoms with Crippen LogP contribution in [0.4, 0.5) is 0 Å². The standard InChI is InChI=1S/C15H24O3/c1-5-18-13(16)7-8-14(2)11-6-9-15(3,17-4)12(14)10-11/h7-8,11-12H,5-6,9-10H2,1-4H3/b8-7+/t11-,12-,14-,15+/m0/s1. The molecule has 0 saturated heterocycles. The molecule has 18 heavy (non-hydrogen) atoms. The maximum atomic E-state index is 11.4. The van der Waals surface area contributed by atoms with E-state index in [1.807, 2.05) is 6.92 Å².